The standard InChI is InChI=1S/C14H10O6/c15-7-5-9(14(19)20)12(11(17)6-7)13(18)8-3-1-2-4-10(8)16/h1-6,15-17H,(H,19,20). The van der Waals surface area contributed by atoms with Gasteiger partial charge in [-0.1, -0.05) is 12.1 Å². The van der Waals surface area contributed by atoms with Crippen LogP contribution in [0.4, 0.5) is 0 Å². The van der Waals surface area contributed by atoms with Crippen LogP contribution in [0.2, 0.25) is 0 Å². The van der Waals surface area contributed by atoms with Crippen molar-refractivity contribution in [3.05, 3.63) is 53.1 Å². The van der Waals surface area contributed by atoms with Gasteiger partial charge < -0.3 is 20.4 Å². The maximum Gasteiger partial charge on any atom is 0.336 e. The van der Waals surface area contributed by atoms with Crippen molar-refractivity contribution in [3.8, 4) is 17.2 Å². The number of hydrogen-bond donors (Lipinski definition) is 4. The molecule has 0 bridgehead atoms. The molecule has 0 aliphatic rings. The van der Waals surface area contributed by atoms with E-state index >= 15 is 0 Å². The van der Waals surface area contributed by atoms with Gasteiger partial charge >= 0.3 is 5.97 Å². The number of carboxylic acids is 1. The van der Waals surface area contributed by atoms with Gasteiger partial charge in [0.25, 0.3) is 0 Å². The van der Waals surface area contributed by atoms with E-state index in [9.17, 15) is 24.9 Å². The molecule has 2 aromatic rings. The van der Waals surface area contributed by atoms with E-state index in [1.165, 1.54) is 24.3 Å². The molecule has 20 heavy (non-hydrogen) atoms. The highest BCUT2D eigenvalue weighted by atomic mass is 16.4. The molecule has 0 radical (unpaired) electrons. The second-order valence-electron chi connectivity index (χ2n) is 4.04. The van der Waals surface area contributed by atoms with E-state index in [-0.39, 0.29) is 11.3 Å². The summed E-state index contributed by atoms with van der Waals surface area (Å²) < 4.78 is 0. The number of aromatic carboxylic acids is 1. The summed E-state index contributed by atoms with van der Waals surface area (Å²) in [5.41, 5.74) is -1.18. The Hall–Kier alpha value is -3.02. The fourth-order valence-corrected chi connectivity index (χ4v) is 1.82. The molecule has 0 unspecified atom stereocenters. The Morgan fingerprint density at radius 2 is 1.50 bits per heavy atom. The minimum Gasteiger partial charge on any atom is -0.508 e. The molecule has 0 spiro atoms. The first kappa shape index (κ1) is 13.4. The molecule has 102 valence electrons. The van der Waals surface area contributed by atoms with Crippen LogP contribution in [-0.4, -0.2) is 32.2 Å². The van der Waals surface area contributed by atoms with Crippen LogP contribution in [0.3, 0.4) is 0 Å². The maximum atomic E-state index is 12.3. The highest BCUT2D eigenvalue weighted by molar-refractivity contribution is 6.17. The Bertz CT molecular complexity index is 705. The molecule has 0 fully saturated rings. The third-order valence-corrected chi connectivity index (χ3v) is 2.71. The highest BCUT2D eigenvalue weighted by Crippen LogP contribution is 2.31. The van der Waals surface area contributed by atoms with Gasteiger partial charge in [-0.25, -0.2) is 4.79 Å². The molecule has 0 aromatic heterocycles. The normalized spacial score (nSPS) is 10.2. The van der Waals surface area contributed by atoms with Crippen LogP contribution in [0, 0.1) is 0 Å². The summed E-state index contributed by atoms with van der Waals surface area (Å²) >= 11 is 0. The molecule has 0 aliphatic heterocycles. The molecule has 0 amide bonds. The number of benzene rings is 2. The largest absolute Gasteiger partial charge is 0.508 e. The van der Waals surface area contributed by atoms with E-state index in [0.29, 0.717) is 0 Å². The van der Waals surface area contributed by atoms with Gasteiger partial charge in [0.2, 0.25) is 5.78 Å². The van der Waals surface area contributed by atoms with Gasteiger partial charge in [-0.3, -0.25) is 4.79 Å². The minimum absolute atomic E-state index is 0.143. The number of hydrogen-bond acceptors (Lipinski definition) is 5. The fourth-order valence-electron chi connectivity index (χ4n) is 1.82. The average molecular weight is 274 g/mol. The number of phenols is 3. The van der Waals surface area contributed by atoms with Crippen LogP contribution in [0.15, 0.2) is 36.4 Å². The molecular formula is C14H10O6. The quantitative estimate of drug-likeness (QED) is 0.633. The summed E-state index contributed by atoms with van der Waals surface area (Å²) in [4.78, 5) is 23.4. The van der Waals surface area contributed by atoms with Crippen LogP contribution in [0.25, 0.3) is 0 Å². The van der Waals surface area contributed by atoms with Crippen molar-refractivity contribution in [1.29, 1.82) is 0 Å². The lowest BCUT2D eigenvalue weighted by molar-refractivity contribution is 0.0691. The Labute approximate surface area is 113 Å². The van der Waals surface area contributed by atoms with Gasteiger partial charge in [-0.15, -0.1) is 0 Å². The number of carboxylic acid groups (broad SMARTS) is 1. The first-order valence-electron chi connectivity index (χ1n) is 5.53. The lowest BCUT2D eigenvalue weighted by Gasteiger charge is -2.09. The van der Waals surface area contributed by atoms with E-state index in [2.05, 4.69) is 0 Å². The van der Waals surface area contributed by atoms with E-state index in [1.54, 1.807) is 0 Å². The predicted molar refractivity (Wildman–Crippen MR) is 68.3 cm³/mol. The second kappa shape index (κ2) is 4.93. The molecule has 4 N–H and O–H groups in total. The highest BCUT2D eigenvalue weighted by Gasteiger charge is 2.24. The zero-order valence-electron chi connectivity index (χ0n) is 10.1. The first-order valence-corrected chi connectivity index (χ1v) is 5.53. The van der Waals surface area contributed by atoms with Crippen LogP contribution < -0.4 is 0 Å². The summed E-state index contributed by atoms with van der Waals surface area (Å²) in [6, 6.07) is 7.28. The Morgan fingerprint density at radius 3 is 2.10 bits per heavy atom. The van der Waals surface area contributed by atoms with Gasteiger partial charge in [-0.05, 0) is 18.2 Å². The molecule has 0 saturated heterocycles. The van der Waals surface area contributed by atoms with Crippen molar-refractivity contribution in [3.63, 3.8) is 0 Å². The smallest absolute Gasteiger partial charge is 0.336 e. The third kappa shape index (κ3) is 2.26. The molecule has 0 aliphatic carbocycles. The molecule has 0 heterocycles. The van der Waals surface area contributed by atoms with Crippen molar-refractivity contribution in [2.75, 3.05) is 0 Å². The van der Waals surface area contributed by atoms with E-state index < -0.39 is 34.4 Å². The van der Waals surface area contributed by atoms with Gasteiger partial charge in [0.15, 0.2) is 0 Å². The van der Waals surface area contributed by atoms with Crippen molar-refractivity contribution < 1.29 is 30.0 Å². The maximum absolute atomic E-state index is 12.3. The molecule has 2 rings (SSSR count). The van der Waals surface area contributed by atoms with Crippen molar-refractivity contribution in [2.45, 2.75) is 0 Å². The van der Waals surface area contributed by atoms with Gasteiger partial charge in [0, 0.05) is 6.07 Å². The Morgan fingerprint density at radius 1 is 0.850 bits per heavy atom. The number of ketones is 1. The lowest BCUT2D eigenvalue weighted by Crippen LogP contribution is -2.10. The number of rotatable bonds is 3. The number of carbonyl (C=O) groups is 2. The Balaban J connectivity index is 2.67. The van der Waals surface area contributed by atoms with Crippen LogP contribution in [0.1, 0.15) is 26.3 Å². The van der Waals surface area contributed by atoms with E-state index in [0.717, 1.165) is 12.1 Å². The Kier molecular flexibility index (Phi) is 3.30. The van der Waals surface area contributed by atoms with Crippen LogP contribution in [0.5, 0.6) is 17.2 Å². The van der Waals surface area contributed by atoms with Crippen molar-refractivity contribution >= 4 is 11.8 Å². The average Bonchev–Trinajstić information content (AvgIpc) is 2.37. The van der Waals surface area contributed by atoms with Gasteiger partial charge in [-0.2, -0.15) is 0 Å². The summed E-state index contributed by atoms with van der Waals surface area (Å²) in [6.45, 7) is 0. The molecule has 6 heteroatoms. The van der Waals surface area contributed by atoms with Gasteiger partial charge in [0.05, 0.1) is 16.7 Å². The summed E-state index contributed by atoms with van der Waals surface area (Å²) in [6.07, 6.45) is 0. The molecule has 0 saturated carbocycles. The number of para-hydroxylation sites is 1. The molecule has 2 aromatic carbocycles. The van der Waals surface area contributed by atoms with Crippen LogP contribution >= 0.6 is 0 Å². The molecule has 0 atom stereocenters. The lowest BCUT2D eigenvalue weighted by atomic mass is 9.96. The van der Waals surface area contributed by atoms with E-state index in [4.69, 9.17) is 5.11 Å². The third-order valence-electron chi connectivity index (χ3n) is 2.71. The van der Waals surface area contributed by atoms with Crippen molar-refractivity contribution in [1.82, 2.24) is 0 Å². The molecular weight excluding hydrogens is 264 g/mol. The van der Waals surface area contributed by atoms with Crippen molar-refractivity contribution in [2.24, 2.45) is 0 Å². The number of phenolic OH excluding ortho intramolecular Hbond substituents is 3. The monoisotopic (exact) mass is 274 g/mol. The first-order chi connectivity index (χ1) is 9.41. The summed E-state index contributed by atoms with van der Waals surface area (Å²) in [5, 5.41) is 37.7. The summed E-state index contributed by atoms with van der Waals surface area (Å²) in [7, 11) is 0. The molecule has 6 nitrogen and oxygen atoms in total. The second-order valence-corrected chi connectivity index (χ2v) is 4.04. The fraction of sp³-hybridized carbons (Fsp3) is 0. The topological polar surface area (TPSA) is 115 Å². The zero-order valence-corrected chi connectivity index (χ0v) is 10.1. The van der Waals surface area contributed by atoms with E-state index in [1.807, 2.05) is 0 Å². The summed E-state index contributed by atoms with van der Waals surface area (Å²) in [5.74, 6) is -3.81. The number of carbonyl (C=O) groups excluding carboxylic acids is 1. The van der Waals surface area contributed by atoms with Crippen LogP contribution in [-0.2, 0) is 0 Å². The number of aromatic hydroxyl groups is 3. The predicted octanol–water partition coefficient (Wildman–Crippen LogP) is 1.73. The minimum atomic E-state index is -1.48. The van der Waals surface area contributed by atoms with Gasteiger partial charge in [0.1, 0.15) is 17.2 Å². The zero-order chi connectivity index (χ0) is 14.9. The SMILES string of the molecule is O=C(O)c1cc(O)cc(O)c1C(=O)c1ccccc1O.